The van der Waals surface area contributed by atoms with Gasteiger partial charge in [0.05, 0.1) is 5.54 Å². The van der Waals surface area contributed by atoms with Crippen LogP contribution in [-0.2, 0) is 11.2 Å². The molecule has 0 atom stereocenters. The van der Waals surface area contributed by atoms with Gasteiger partial charge < -0.3 is 10.6 Å². The molecule has 0 unspecified atom stereocenters. The molecule has 0 aliphatic carbocycles. The Morgan fingerprint density at radius 1 is 1.20 bits per heavy atom. The van der Waals surface area contributed by atoms with E-state index < -0.39 is 0 Å². The van der Waals surface area contributed by atoms with Crippen molar-refractivity contribution in [3.63, 3.8) is 0 Å². The zero-order valence-corrected chi connectivity index (χ0v) is 12.7. The molecule has 1 heterocycles. The summed E-state index contributed by atoms with van der Waals surface area (Å²) >= 11 is 0. The molecule has 0 saturated carbocycles. The highest BCUT2D eigenvalue weighted by atomic mass is 16.2. The molecule has 1 aromatic carbocycles. The molecule has 4 nitrogen and oxygen atoms in total. The van der Waals surface area contributed by atoms with Gasteiger partial charge in [-0.2, -0.15) is 0 Å². The van der Waals surface area contributed by atoms with Crippen molar-refractivity contribution >= 4 is 11.6 Å². The van der Waals surface area contributed by atoms with E-state index in [1.165, 1.54) is 5.56 Å². The van der Waals surface area contributed by atoms with Crippen LogP contribution in [0.15, 0.2) is 24.3 Å². The van der Waals surface area contributed by atoms with E-state index in [0.29, 0.717) is 0 Å². The Morgan fingerprint density at radius 2 is 1.85 bits per heavy atom. The first kappa shape index (κ1) is 14.9. The third kappa shape index (κ3) is 3.12. The van der Waals surface area contributed by atoms with Crippen molar-refractivity contribution in [3.05, 3.63) is 29.8 Å². The number of carbonyl (C=O) groups is 1. The van der Waals surface area contributed by atoms with Crippen LogP contribution in [0.2, 0.25) is 0 Å². The fraction of sp³-hybridized carbons (Fsp3) is 0.562. The summed E-state index contributed by atoms with van der Waals surface area (Å²) in [5, 5.41) is 0. The Bertz CT molecular complexity index is 467. The number of amides is 1. The molecule has 110 valence electrons. The first-order valence-corrected chi connectivity index (χ1v) is 7.26. The lowest BCUT2D eigenvalue weighted by molar-refractivity contribution is -0.147. The standard InChI is InChI=1S/C16H25N3O/c1-16(2)15(20)18(3)11-12-19(16)10-4-5-13-6-8-14(17)9-7-13/h6-9H,4-5,10-12,17H2,1-3H3. The molecule has 1 fully saturated rings. The SMILES string of the molecule is CN1CCN(CCCc2ccc(N)cc2)C(C)(C)C1=O. The Morgan fingerprint density at radius 3 is 2.50 bits per heavy atom. The van der Waals surface area contributed by atoms with Crippen molar-refractivity contribution in [1.29, 1.82) is 0 Å². The second-order valence-corrected chi connectivity index (χ2v) is 6.12. The van der Waals surface area contributed by atoms with Gasteiger partial charge in [0.2, 0.25) is 5.91 Å². The minimum atomic E-state index is -0.381. The zero-order chi connectivity index (χ0) is 14.8. The quantitative estimate of drug-likeness (QED) is 0.852. The number of piperazine rings is 1. The molecule has 1 aliphatic rings. The molecule has 4 heteroatoms. The molecule has 1 saturated heterocycles. The smallest absolute Gasteiger partial charge is 0.242 e. The van der Waals surface area contributed by atoms with Gasteiger partial charge in [-0.3, -0.25) is 9.69 Å². The molecule has 20 heavy (non-hydrogen) atoms. The Kier molecular flexibility index (Phi) is 4.33. The highest BCUT2D eigenvalue weighted by Gasteiger charge is 2.39. The van der Waals surface area contributed by atoms with Crippen LogP contribution in [0.3, 0.4) is 0 Å². The van der Waals surface area contributed by atoms with Gasteiger partial charge in [-0.1, -0.05) is 12.1 Å². The van der Waals surface area contributed by atoms with Gasteiger partial charge in [-0.15, -0.1) is 0 Å². The lowest BCUT2D eigenvalue weighted by Crippen LogP contribution is -2.62. The summed E-state index contributed by atoms with van der Waals surface area (Å²) in [4.78, 5) is 16.3. The topological polar surface area (TPSA) is 49.6 Å². The van der Waals surface area contributed by atoms with Crippen molar-refractivity contribution < 1.29 is 4.79 Å². The molecule has 1 aliphatic heterocycles. The summed E-state index contributed by atoms with van der Waals surface area (Å²) in [6.07, 6.45) is 2.08. The van der Waals surface area contributed by atoms with Crippen molar-refractivity contribution in [2.24, 2.45) is 0 Å². The molecule has 0 bridgehead atoms. The average molecular weight is 275 g/mol. The van der Waals surface area contributed by atoms with Crippen LogP contribution in [0.4, 0.5) is 5.69 Å². The first-order valence-electron chi connectivity index (χ1n) is 7.26. The maximum Gasteiger partial charge on any atom is 0.242 e. The Balaban J connectivity index is 1.87. The lowest BCUT2D eigenvalue weighted by Gasteiger charge is -2.44. The second kappa shape index (κ2) is 5.83. The number of hydrogen-bond acceptors (Lipinski definition) is 3. The summed E-state index contributed by atoms with van der Waals surface area (Å²) in [6.45, 7) is 6.78. The summed E-state index contributed by atoms with van der Waals surface area (Å²) < 4.78 is 0. The average Bonchev–Trinajstić information content (AvgIpc) is 2.41. The minimum absolute atomic E-state index is 0.219. The van der Waals surface area contributed by atoms with Crippen LogP contribution in [0, 0.1) is 0 Å². The van der Waals surface area contributed by atoms with Gasteiger partial charge in [0, 0.05) is 25.8 Å². The van der Waals surface area contributed by atoms with E-state index in [-0.39, 0.29) is 11.4 Å². The van der Waals surface area contributed by atoms with E-state index in [4.69, 9.17) is 5.73 Å². The number of hydrogen-bond donors (Lipinski definition) is 1. The molecule has 1 aromatic rings. The number of carbonyl (C=O) groups excluding carboxylic acids is 1. The lowest BCUT2D eigenvalue weighted by atomic mass is 9.97. The fourth-order valence-electron chi connectivity index (χ4n) is 2.80. The van der Waals surface area contributed by atoms with Crippen molar-refractivity contribution in [1.82, 2.24) is 9.80 Å². The number of nitrogen functional groups attached to an aromatic ring is 1. The van der Waals surface area contributed by atoms with Gasteiger partial charge in [-0.05, 0) is 50.9 Å². The van der Waals surface area contributed by atoms with Crippen LogP contribution in [-0.4, -0.2) is 47.9 Å². The van der Waals surface area contributed by atoms with E-state index in [2.05, 4.69) is 17.0 Å². The normalized spacial score (nSPS) is 19.4. The van der Waals surface area contributed by atoms with Crippen LogP contribution in [0.5, 0.6) is 0 Å². The zero-order valence-electron chi connectivity index (χ0n) is 12.7. The summed E-state index contributed by atoms with van der Waals surface area (Å²) in [5.41, 5.74) is 7.41. The maximum absolute atomic E-state index is 12.2. The molecule has 0 radical (unpaired) electrons. The Labute approximate surface area is 121 Å². The largest absolute Gasteiger partial charge is 0.399 e. The molecular weight excluding hydrogens is 250 g/mol. The molecule has 0 aromatic heterocycles. The summed E-state index contributed by atoms with van der Waals surface area (Å²) in [6, 6.07) is 8.04. The van der Waals surface area contributed by atoms with E-state index in [0.717, 1.165) is 38.2 Å². The summed E-state index contributed by atoms with van der Waals surface area (Å²) in [5.74, 6) is 0.219. The maximum atomic E-state index is 12.2. The Hall–Kier alpha value is -1.55. The first-order chi connectivity index (χ1) is 9.41. The van der Waals surface area contributed by atoms with Crippen molar-refractivity contribution in [2.75, 3.05) is 32.4 Å². The number of rotatable bonds is 4. The highest BCUT2D eigenvalue weighted by Crippen LogP contribution is 2.22. The number of aryl methyl sites for hydroxylation is 1. The fourth-order valence-corrected chi connectivity index (χ4v) is 2.80. The van der Waals surface area contributed by atoms with E-state index in [9.17, 15) is 4.79 Å². The molecule has 1 amide bonds. The number of benzene rings is 1. The minimum Gasteiger partial charge on any atom is -0.399 e. The van der Waals surface area contributed by atoms with E-state index in [1.54, 1.807) is 0 Å². The predicted molar refractivity (Wildman–Crippen MR) is 82.5 cm³/mol. The van der Waals surface area contributed by atoms with Crippen LogP contribution in [0.1, 0.15) is 25.8 Å². The third-order valence-corrected chi connectivity index (χ3v) is 4.24. The van der Waals surface area contributed by atoms with Gasteiger partial charge >= 0.3 is 0 Å². The van der Waals surface area contributed by atoms with Crippen molar-refractivity contribution in [3.8, 4) is 0 Å². The van der Waals surface area contributed by atoms with Gasteiger partial charge in [-0.25, -0.2) is 0 Å². The highest BCUT2D eigenvalue weighted by molar-refractivity contribution is 5.86. The number of nitrogens with two attached hydrogens (primary N) is 1. The molecule has 2 N–H and O–H groups in total. The van der Waals surface area contributed by atoms with Gasteiger partial charge in [0.25, 0.3) is 0 Å². The van der Waals surface area contributed by atoms with E-state index >= 15 is 0 Å². The van der Waals surface area contributed by atoms with Crippen LogP contribution < -0.4 is 5.73 Å². The van der Waals surface area contributed by atoms with Crippen LogP contribution >= 0.6 is 0 Å². The predicted octanol–water partition coefficient (Wildman–Crippen LogP) is 1.75. The van der Waals surface area contributed by atoms with Crippen molar-refractivity contribution in [2.45, 2.75) is 32.2 Å². The monoisotopic (exact) mass is 275 g/mol. The van der Waals surface area contributed by atoms with Crippen LogP contribution in [0.25, 0.3) is 0 Å². The third-order valence-electron chi connectivity index (χ3n) is 4.24. The molecule has 0 spiro atoms. The number of likely N-dealkylation sites (N-methyl/N-ethyl adjacent to an activating group) is 1. The van der Waals surface area contributed by atoms with E-state index in [1.807, 2.05) is 37.9 Å². The number of anilines is 1. The van der Waals surface area contributed by atoms with Gasteiger partial charge in [0.15, 0.2) is 0 Å². The molecular formula is C16H25N3O. The van der Waals surface area contributed by atoms with Gasteiger partial charge in [0.1, 0.15) is 0 Å². The number of nitrogens with zero attached hydrogens (tertiary/aromatic N) is 2. The summed E-state index contributed by atoms with van der Waals surface area (Å²) in [7, 11) is 1.88. The molecule has 2 rings (SSSR count). The second-order valence-electron chi connectivity index (χ2n) is 6.12.